The Labute approximate surface area is 98.9 Å². The highest BCUT2D eigenvalue weighted by Crippen LogP contribution is 2.18. The largest absolute Gasteiger partial charge is 0.459 e. The Balaban J connectivity index is 2.33. The summed E-state index contributed by atoms with van der Waals surface area (Å²) >= 11 is 0. The molecule has 0 spiro atoms. The highest BCUT2D eigenvalue weighted by molar-refractivity contribution is 5.75. The van der Waals surface area contributed by atoms with Crippen molar-refractivity contribution in [3.8, 4) is 0 Å². The summed E-state index contributed by atoms with van der Waals surface area (Å²) in [6.07, 6.45) is 6.26. The highest BCUT2D eigenvalue weighted by Gasteiger charge is 2.24. The van der Waals surface area contributed by atoms with Gasteiger partial charge in [-0.3, -0.25) is 4.79 Å². The maximum absolute atomic E-state index is 11.7. The van der Waals surface area contributed by atoms with Crippen LogP contribution in [0.4, 0.5) is 0 Å². The van der Waals surface area contributed by atoms with Crippen molar-refractivity contribution in [3.05, 3.63) is 0 Å². The van der Waals surface area contributed by atoms with E-state index in [9.17, 15) is 4.79 Å². The Morgan fingerprint density at radius 2 is 1.81 bits per heavy atom. The van der Waals surface area contributed by atoms with Crippen LogP contribution in [0.2, 0.25) is 0 Å². The van der Waals surface area contributed by atoms with Crippen LogP contribution in [0.5, 0.6) is 0 Å². The van der Waals surface area contributed by atoms with Gasteiger partial charge in [-0.2, -0.15) is 0 Å². The first-order chi connectivity index (χ1) is 7.38. The minimum Gasteiger partial charge on any atom is -0.459 e. The van der Waals surface area contributed by atoms with Crippen LogP contribution in [-0.4, -0.2) is 23.7 Å². The van der Waals surface area contributed by atoms with Gasteiger partial charge in [-0.25, -0.2) is 0 Å². The Kier molecular flexibility index (Phi) is 4.78. The minimum atomic E-state index is -0.389. The summed E-state index contributed by atoms with van der Waals surface area (Å²) < 4.78 is 5.34. The number of hydrogen-bond acceptors (Lipinski definition) is 3. The average Bonchev–Trinajstić information content (AvgIpc) is 2.16. The molecule has 16 heavy (non-hydrogen) atoms. The van der Waals surface area contributed by atoms with E-state index in [0.29, 0.717) is 6.04 Å². The number of carbonyl (C=O) groups excluding carboxylic acids is 1. The molecule has 94 valence electrons. The van der Waals surface area contributed by atoms with Crippen LogP contribution in [-0.2, 0) is 9.53 Å². The molecule has 1 fully saturated rings. The second kappa shape index (κ2) is 5.67. The lowest BCUT2D eigenvalue weighted by Crippen LogP contribution is -2.44. The Morgan fingerprint density at radius 1 is 1.25 bits per heavy atom. The van der Waals surface area contributed by atoms with Crippen molar-refractivity contribution >= 4 is 5.97 Å². The van der Waals surface area contributed by atoms with Crippen molar-refractivity contribution in [2.75, 3.05) is 0 Å². The number of carbonyl (C=O) groups is 1. The molecule has 0 unspecified atom stereocenters. The molecule has 1 aliphatic carbocycles. The molecule has 0 amide bonds. The molecule has 0 saturated heterocycles. The van der Waals surface area contributed by atoms with Gasteiger partial charge >= 0.3 is 5.97 Å². The maximum Gasteiger partial charge on any atom is 0.323 e. The monoisotopic (exact) mass is 227 g/mol. The Bertz CT molecular complexity index is 227. The second-order valence-corrected chi connectivity index (χ2v) is 5.76. The van der Waals surface area contributed by atoms with E-state index < -0.39 is 0 Å². The molecule has 3 heteroatoms. The van der Waals surface area contributed by atoms with Crippen LogP contribution < -0.4 is 5.32 Å². The molecule has 0 aromatic heterocycles. The molecule has 0 heterocycles. The minimum absolute atomic E-state index is 0.141. The zero-order valence-corrected chi connectivity index (χ0v) is 11.0. The summed E-state index contributed by atoms with van der Waals surface area (Å²) in [5, 5.41) is 3.37. The van der Waals surface area contributed by atoms with Crippen molar-refractivity contribution in [2.45, 2.75) is 77.5 Å². The number of ether oxygens (including phenoxy) is 1. The fourth-order valence-corrected chi connectivity index (χ4v) is 2.08. The molecular weight excluding hydrogens is 202 g/mol. The molecule has 0 radical (unpaired) electrons. The van der Waals surface area contributed by atoms with E-state index >= 15 is 0 Å². The van der Waals surface area contributed by atoms with Gasteiger partial charge in [-0.05, 0) is 40.5 Å². The molecule has 0 aliphatic heterocycles. The standard InChI is InChI=1S/C13H25NO2/c1-10(12(15)16-13(2,3)4)14-11-8-6-5-7-9-11/h10-11,14H,5-9H2,1-4H3/t10-/m0/s1. The maximum atomic E-state index is 11.7. The highest BCUT2D eigenvalue weighted by atomic mass is 16.6. The molecule has 1 aliphatic rings. The summed E-state index contributed by atoms with van der Waals surface area (Å²) in [4.78, 5) is 11.7. The van der Waals surface area contributed by atoms with Gasteiger partial charge in [0.1, 0.15) is 11.6 Å². The van der Waals surface area contributed by atoms with Crippen LogP contribution in [0.3, 0.4) is 0 Å². The van der Waals surface area contributed by atoms with E-state index in [1.807, 2.05) is 27.7 Å². The van der Waals surface area contributed by atoms with Gasteiger partial charge < -0.3 is 10.1 Å². The van der Waals surface area contributed by atoms with Gasteiger partial charge in [0.05, 0.1) is 0 Å². The molecule has 1 N–H and O–H groups in total. The van der Waals surface area contributed by atoms with Gasteiger partial charge in [0.25, 0.3) is 0 Å². The van der Waals surface area contributed by atoms with Crippen molar-refractivity contribution in [3.63, 3.8) is 0 Å². The fourth-order valence-electron chi connectivity index (χ4n) is 2.08. The average molecular weight is 227 g/mol. The number of nitrogens with one attached hydrogen (secondary N) is 1. The summed E-state index contributed by atoms with van der Waals surface area (Å²) in [7, 11) is 0. The van der Waals surface area contributed by atoms with E-state index in [4.69, 9.17) is 4.74 Å². The lowest BCUT2D eigenvalue weighted by Gasteiger charge is -2.28. The molecule has 0 aromatic rings. The number of rotatable bonds is 3. The van der Waals surface area contributed by atoms with Crippen LogP contribution in [0.25, 0.3) is 0 Å². The molecule has 3 nitrogen and oxygen atoms in total. The van der Waals surface area contributed by atoms with Crippen LogP contribution in [0, 0.1) is 0 Å². The van der Waals surface area contributed by atoms with Gasteiger partial charge in [0, 0.05) is 6.04 Å². The number of esters is 1. The molecule has 0 aromatic carbocycles. The summed E-state index contributed by atoms with van der Waals surface area (Å²) in [6, 6.07) is 0.304. The third-order valence-corrected chi connectivity index (χ3v) is 2.85. The summed E-state index contributed by atoms with van der Waals surface area (Å²) in [6.45, 7) is 7.59. The first-order valence-electron chi connectivity index (χ1n) is 6.37. The van der Waals surface area contributed by atoms with Crippen molar-refractivity contribution in [2.24, 2.45) is 0 Å². The Morgan fingerprint density at radius 3 is 2.31 bits per heavy atom. The van der Waals surface area contributed by atoms with Crippen LogP contribution in [0.1, 0.15) is 59.8 Å². The number of hydrogen-bond donors (Lipinski definition) is 1. The summed E-state index contributed by atoms with van der Waals surface area (Å²) in [5.74, 6) is -0.141. The van der Waals surface area contributed by atoms with Gasteiger partial charge in [-0.15, -0.1) is 0 Å². The lowest BCUT2D eigenvalue weighted by atomic mass is 9.95. The van der Waals surface area contributed by atoms with Crippen LogP contribution >= 0.6 is 0 Å². The normalized spacial score (nSPS) is 20.5. The van der Waals surface area contributed by atoms with E-state index in [0.717, 1.165) is 0 Å². The van der Waals surface area contributed by atoms with Crippen molar-refractivity contribution < 1.29 is 9.53 Å². The lowest BCUT2D eigenvalue weighted by molar-refractivity contribution is -0.157. The SMILES string of the molecule is C[C@H](NC1CCCCC1)C(=O)OC(C)(C)C. The molecule has 1 atom stereocenters. The Hall–Kier alpha value is -0.570. The quantitative estimate of drug-likeness (QED) is 0.753. The summed E-state index contributed by atoms with van der Waals surface area (Å²) in [5.41, 5.74) is -0.389. The topological polar surface area (TPSA) is 38.3 Å². The molecule has 1 saturated carbocycles. The third-order valence-electron chi connectivity index (χ3n) is 2.85. The van der Waals surface area contributed by atoms with Gasteiger partial charge in [0.15, 0.2) is 0 Å². The van der Waals surface area contributed by atoms with E-state index in [-0.39, 0.29) is 17.6 Å². The van der Waals surface area contributed by atoms with E-state index in [2.05, 4.69) is 5.32 Å². The molecule has 1 rings (SSSR count). The molecular formula is C13H25NO2. The van der Waals surface area contributed by atoms with Gasteiger partial charge in [0.2, 0.25) is 0 Å². The van der Waals surface area contributed by atoms with Crippen molar-refractivity contribution in [1.29, 1.82) is 0 Å². The fraction of sp³-hybridized carbons (Fsp3) is 0.923. The predicted octanol–water partition coefficient (Wildman–Crippen LogP) is 2.64. The predicted molar refractivity (Wildman–Crippen MR) is 65.3 cm³/mol. The third kappa shape index (κ3) is 4.97. The van der Waals surface area contributed by atoms with Crippen molar-refractivity contribution in [1.82, 2.24) is 5.32 Å². The first kappa shape index (κ1) is 13.5. The van der Waals surface area contributed by atoms with Gasteiger partial charge in [-0.1, -0.05) is 19.3 Å². The zero-order valence-electron chi connectivity index (χ0n) is 11.0. The first-order valence-corrected chi connectivity index (χ1v) is 6.37. The molecule has 0 bridgehead atoms. The van der Waals surface area contributed by atoms with Crippen LogP contribution in [0.15, 0.2) is 0 Å². The van der Waals surface area contributed by atoms with E-state index in [1.165, 1.54) is 32.1 Å². The van der Waals surface area contributed by atoms with E-state index in [1.54, 1.807) is 0 Å². The smallest absolute Gasteiger partial charge is 0.323 e. The zero-order chi connectivity index (χ0) is 12.2. The second-order valence-electron chi connectivity index (χ2n) is 5.76.